The SMILES string of the molecule is CC(C)(C)c1ccc(N2c3cc(C(C)(C)C)cc4c3B(c3ccc5c(c32)-c2ccccc2C5(C)C)n2c3c(c5cccc-4c52)C(C)(C)c2ccccc2-3)c(-c2ccccc2)c1. The molecule has 0 spiro atoms. The molecule has 0 saturated heterocycles. The third-order valence-corrected chi connectivity index (χ3v) is 15.1. The summed E-state index contributed by atoms with van der Waals surface area (Å²) in [6.07, 6.45) is 0. The highest BCUT2D eigenvalue weighted by Gasteiger charge is 2.50. The van der Waals surface area contributed by atoms with Crippen LogP contribution in [0.5, 0.6) is 0 Å². The van der Waals surface area contributed by atoms with E-state index in [4.69, 9.17) is 0 Å². The van der Waals surface area contributed by atoms with Gasteiger partial charge in [-0.2, -0.15) is 0 Å². The van der Waals surface area contributed by atoms with Crippen LogP contribution in [-0.2, 0) is 21.7 Å². The van der Waals surface area contributed by atoms with Crippen LogP contribution in [0.1, 0.15) is 103 Å². The normalized spacial score (nSPS) is 15.9. The van der Waals surface area contributed by atoms with Gasteiger partial charge in [0, 0.05) is 55.4 Å². The Kier molecular flexibility index (Phi) is 7.15. The third kappa shape index (κ3) is 4.70. The van der Waals surface area contributed by atoms with E-state index in [1.165, 1.54) is 117 Å². The number of benzene rings is 7. The minimum Gasteiger partial charge on any atom is -0.375 e. The van der Waals surface area contributed by atoms with Gasteiger partial charge in [-0.1, -0.05) is 191 Å². The van der Waals surface area contributed by atoms with E-state index in [-0.39, 0.29) is 28.5 Å². The van der Waals surface area contributed by atoms with Crippen molar-refractivity contribution in [2.75, 3.05) is 4.90 Å². The van der Waals surface area contributed by atoms with Gasteiger partial charge in [0.05, 0.1) is 11.4 Å². The highest BCUT2D eigenvalue weighted by atomic mass is 15.2. The molecule has 0 N–H and O–H groups in total. The first-order valence-corrected chi connectivity index (χ1v) is 22.3. The van der Waals surface area contributed by atoms with E-state index in [2.05, 4.69) is 218 Å². The van der Waals surface area contributed by atoms with Crippen LogP contribution in [0.2, 0.25) is 0 Å². The number of para-hydroxylation sites is 1. The summed E-state index contributed by atoms with van der Waals surface area (Å²) in [4.78, 5) is 2.72. The van der Waals surface area contributed by atoms with Crippen molar-refractivity contribution in [2.45, 2.75) is 90.9 Å². The Labute approximate surface area is 362 Å². The van der Waals surface area contributed by atoms with Gasteiger partial charge < -0.3 is 9.38 Å². The molecule has 0 bridgehead atoms. The van der Waals surface area contributed by atoms with E-state index in [0.29, 0.717) is 0 Å². The molecule has 0 atom stereocenters. The van der Waals surface area contributed by atoms with Crippen LogP contribution in [0.15, 0.2) is 140 Å². The molecule has 0 amide bonds. The van der Waals surface area contributed by atoms with Gasteiger partial charge >= 0.3 is 6.85 Å². The molecule has 1 aromatic heterocycles. The fourth-order valence-corrected chi connectivity index (χ4v) is 12.0. The molecule has 61 heavy (non-hydrogen) atoms. The molecule has 2 nitrogen and oxygen atoms in total. The standard InChI is InChI=1S/C58H53BN2/c1-55(2,3)35-27-30-47(41(31-35)34-19-12-11-13-20-34)60-48-33-36(56(4,5)6)32-42-37-23-18-24-40-50-53(39-22-15-17-26-44(39)58(50,9)10)61(52(37)40)59(51(42)48)46-29-28-45-49(54(46)60)38-21-14-16-25-43(38)57(45,7)8/h11-33H,1-10H3. The maximum Gasteiger partial charge on any atom is 0.333 e. The predicted molar refractivity (Wildman–Crippen MR) is 260 cm³/mol. The largest absolute Gasteiger partial charge is 0.375 e. The van der Waals surface area contributed by atoms with Gasteiger partial charge in [0.2, 0.25) is 0 Å². The molecule has 0 unspecified atom stereocenters. The highest BCUT2D eigenvalue weighted by Crippen LogP contribution is 2.59. The van der Waals surface area contributed by atoms with Crippen LogP contribution in [0.3, 0.4) is 0 Å². The smallest absolute Gasteiger partial charge is 0.333 e. The monoisotopic (exact) mass is 788 g/mol. The van der Waals surface area contributed by atoms with Crippen molar-refractivity contribution >= 4 is 45.7 Å². The molecule has 0 radical (unpaired) electrons. The van der Waals surface area contributed by atoms with Gasteiger partial charge in [-0.05, 0) is 90.0 Å². The second-order valence-electron chi connectivity index (χ2n) is 21.4. The minimum atomic E-state index is -0.159. The number of anilines is 3. The summed E-state index contributed by atoms with van der Waals surface area (Å²) in [5, 5.41) is 1.38. The quantitative estimate of drug-likeness (QED) is 0.158. The van der Waals surface area contributed by atoms with Crippen LogP contribution in [0.25, 0.3) is 55.5 Å². The molecule has 298 valence electrons. The molecule has 12 rings (SSSR count). The number of nitrogens with zero attached hydrogens (tertiary/aromatic N) is 2. The molecule has 2 aliphatic carbocycles. The first-order valence-electron chi connectivity index (χ1n) is 22.3. The summed E-state index contributed by atoms with van der Waals surface area (Å²) in [6, 6.07) is 54.1. The molecule has 8 aromatic rings. The molecule has 0 fully saturated rings. The summed E-state index contributed by atoms with van der Waals surface area (Å²) in [7, 11) is 0. The van der Waals surface area contributed by atoms with Gasteiger partial charge in [-0.25, -0.2) is 0 Å². The van der Waals surface area contributed by atoms with Gasteiger partial charge in [0.15, 0.2) is 0 Å². The van der Waals surface area contributed by atoms with Crippen molar-refractivity contribution in [2.24, 2.45) is 0 Å². The second kappa shape index (κ2) is 11.9. The molecular formula is C58H53BN2. The highest BCUT2D eigenvalue weighted by molar-refractivity contribution is 6.90. The topological polar surface area (TPSA) is 8.17 Å². The number of fused-ring (bicyclic) bond motifs is 13. The lowest BCUT2D eigenvalue weighted by molar-refractivity contribution is 0.590. The first kappa shape index (κ1) is 36.8. The van der Waals surface area contributed by atoms with Gasteiger partial charge in [0.25, 0.3) is 0 Å². The average Bonchev–Trinajstić information content (AvgIpc) is 3.80. The summed E-state index contributed by atoms with van der Waals surface area (Å²) in [5.41, 5.74) is 26.5. The van der Waals surface area contributed by atoms with Crippen LogP contribution in [0, 0.1) is 0 Å². The van der Waals surface area contributed by atoms with Gasteiger partial charge in [-0.3, -0.25) is 0 Å². The van der Waals surface area contributed by atoms with E-state index in [9.17, 15) is 0 Å². The minimum absolute atomic E-state index is 0.0174. The van der Waals surface area contributed by atoms with E-state index in [1.807, 2.05) is 0 Å². The zero-order valence-electron chi connectivity index (χ0n) is 37.3. The summed E-state index contributed by atoms with van der Waals surface area (Å²) < 4.78 is 2.80. The maximum absolute atomic E-state index is 2.80. The molecule has 3 heteroatoms. The fraction of sp³-hybridized carbons (Fsp3) is 0.241. The third-order valence-electron chi connectivity index (χ3n) is 15.1. The van der Waals surface area contributed by atoms with E-state index >= 15 is 0 Å². The molecule has 0 saturated carbocycles. The van der Waals surface area contributed by atoms with Crippen LogP contribution in [-0.4, -0.2) is 11.3 Å². The van der Waals surface area contributed by atoms with E-state index in [1.54, 1.807) is 0 Å². The van der Waals surface area contributed by atoms with E-state index in [0.717, 1.165) is 0 Å². The number of hydrogen-bond acceptors (Lipinski definition) is 1. The Bertz CT molecular complexity index is 3220. The Hall–Kier alpha value is -6.06. The van der Waals surface area contributed by atoms with Crippen LogP contribution >= 0.6 is 0 Å². The Balaban J connectivity index is 1.30. The van der Waals surface area contributed by atoms with Crippen molar-refractivity contribution in [3.63, 3.8) is 0 Å². The number of rotatable bonds is 2. The van der Waals surface area contributed by atoms with Crippen molar-refractivity contribution < 1.29 is 0 Å². The zero-order valence-corrected chi connectivity index (χ0v) is 37.3. The van der Waals surface area contributed by atoms with Crippen molar-refractivity contribution in [1.82, 2.24) is 4.48 Å². The molecule has 4 aliphatic rings. The molecule has 2 aliphatic heterocycles. The predicted octanol–water partition coefficient (Wildman–Crippen LogP) is 13.9. The summed E-state index contributed by atoms with van der Waals surface area (Å²) >= 11 is 0. The first-order chi connectivity index (χ1) is 29.1. The molecular weight excluding hydrogens is 735 g/mol. The summed E-state index contributed by atoms with van der Waals surface area (Å²) in [6.45, 7) is 23.8. The average molecular weight is 789 g/mol. The Morgan fingerprint density at radius 2 is 1.13 bits per heavy atom. The molecule has 3 heterocycles. The zero-order chi connectivity index (χ0) is 42.1. The lowest BCUT2D eigenvalue weighted by Crippen LogP contribution is -2.57. The maximum atomic E-state index is 2.80. The number of hydrogen-bond donors (Lipinski definition) is 0. The Morgan fingerprint density at radius 3 is 1.85 bits per heavy atom. The fourth-order valence-electron chi connectivity index (χ4n) is 12.0. The second-order valence-corrected chi connectivity index (χ2v) is 21.4. The molecule has 7 aromatic carbocycles. The van der Waals surface area contributed by atoms with Crippen LogP contribution in [0.4, 0.5) is 17.1 Å². The Morgan fingerprint density at radius 1 is 0.492 bits per heavy atom. The van der Waals surface area contributed by atoms with Crippen LogP contribution < -0.4 is 15.8 Å². The van der Waals surface area contributed by atoms with Gasteiger partial charge in [-0.15, -0.1) is 0 Å². The summed E-state index contributed by atoms with van der Waals surface area (Å²) in [5.74, 6) is 0. The lowest BCUT2D eigenvalue weighted by atomic mass is 9.44. The van der Waals surface area contributed by atoms with Crippen molar-refractivity contribution in [3.05, 3.63) is 173 Å². The lowest BCUT2D eigenvalue weighted by Gasteiger charge is -2.43. The van der Waals surface area contributed by atoms with Crippen molar-refractivity contribution in [1.29, 1.82) is 0 Å². The van der Waals surface area contributed by atoms with Crippen molar-refractivity contribution in [3.8, 4) is 44.6 Å². The van der Waals surface area contributed by atoms with E-state index < -0.39 is 0 Å². The number of aromatic nitrogens is 1. The van der Waals surface area contributed by atoms with Gasteiger partial charge in [0.1, 0.15) is 0 Å².